The van der Waals surface area contributed by atoms with E-state index in [0.717, 1.165) is 10.6 Å². The Hall–Kier alpha value is -3.20. The third-order valence-electron chi connectivity index (χ3n) is 3.36. The number of carbonyl (C=O) groups is 1. The van der Waals surface area contributed by atoms with E-state index in [0.29, 0.717) is 12.3 Å². The summed E-state index contributed by atoms with van der Waals surface area (Å²) < 4.78 is 5.40. The van der Waals surface area contributed by atoms with Gasteiger partial charge in [-0.1, -0.05) is 23.3 Å². The highest BCUT2D eigenvalue weighted by atomic mass is 32.2. The number of nitro benzene ring substituents is 1. The summed E-state index contributed by atoms with van der Waals surface area (Å²) in [6, 6.07) is 15.2. The van der Waals surface area contributed by atoms with Gasteiger partial charge in [0.15, 0.2) is 0 Å². The van der Waals surface area contributed by atoms with Crippen LogP contribution in [0.5, 0.6) is 0 Å². The molecule has 2 aromatic carbocycles. The molecule has 132 valence electrons. The van der Waals surface area contributed by atoms with Gasteiger partial charge in [-0.2, -0.15) is 0 Å². The molecule has 0 aliphatic heterocycles. The molecule has 0 radical (unpaired) electrons. The minimum absolute atomic E-state index is 0.00642. The van der Waals surface area contributed by atoms with E-state index in [1.165, 1.54) is 24.3 Å². The molecule has 1 amide bonds. The van der Waals surface area contributed by atoms with Gasteiger partial charge in [0.2, 0.25) is 5.89 Å². The highest BCUT2D eigenvalue weighted by Crippen LogP contribution is 2.19. The van der Waals surface area contributed by atoms with Crippen molar-refractivity contribution in [2.75, 3.05) is 11.1 Å². The molecule has 9 heteroatoms. The number of nitro groups is 1. The van der Waals surface area contributed by atoms with Crippen LogP contribution in [0.4, 0.5) is 11.7 Å². The second-order valence-electron chi connectivity index (χ2n) is 5.17. The van der Waals surface area contributed by atoms with Gasteiger partial charge >= 0.3 is 6.01 Å². The predicted octanol–water partition coefficient (Wildman–Crippen LogP) is 3.56. The van der Waals surface area contributed by atoms with Crippen molar-refractivity contribution in [3.8, 4) is 0 Å². The van der Waals surface area contributed by atoms with Crippen molar-refractivity contribution in [2.24, 2.45) is 0 Å². The molecule has 0 bridgehead atoms. The Bertz CT molecular complexity index is 897. The fourth-order valence-corrected chi connectivity index (χ4v) is 2.94. The molecule has 3 rings (SSSR count). The van der Waals surface area contributed by atoms with Crippen LogP contribution < -0.4 is 5.32 Å². The zero-order chi connectivity index (χ0) is 18.4. The molecular weight excluding hydrogens is 356 g/mol. The number of hydrogen-bond donors (Lipinski definition) is 1. The summed E-state index contributed by atoms with van der Waals surface area (Å²) in [6.07, 6.45) is 0.569. The number of hydrogen-bond acceptors (Lipinski definition) is 7. The molecule has 0 fully saturated rings. The van der Waals surface area contributed by atoms with E-state index in [1.807, 2.05) is 30.3 Å². The van der Waals surface area contributed by atoms with Crippen molar-refractivity contribution in [1.82, 2.24) is 10.2 Å². The third kappa shape index (κ3) is 4.67. The van der Waals surface area contributed by atoms with Crippen LogP contribution in [-0.2, 0) is 6.42 Å². The molecule has 0 spiro atoms. The van der Waals surface area contributed by atoms with E-state index < -0.39 is 10.8 Å². The van der Waals surface area contributed by atoms with Crippen LogP contribution in [0.3, 0.4) is 0 Å². The number of anilines is 1. The van der Waals surface area contributed by atoms with E-state index in [9.17, 15) is 14.9 Å². The van der Waals surface area contributed by atoms with E-state index in [1.54, 1.807) is 11.8 Å². The number of non-ortho nitro benzene ring substituents is 1. The van der Waals surface area contributed by atoms with Crippen LogP contribution in [0.15, 0.2) is 63.9 Å². The van der Waals surface area contributed by atoms with Crippen LogP contribution in [0.2, 0.25) is 0 Å². The van der Waals surface area contributed by atoms with Crippen molar-refractivity contribution >= 4 is 29.4 Å². The molecule has 0 saturated carbocycles. The lowest BCUT2D eigenvalue weighted by Crippen LogP contribution is -2.12. The summed E-state index contributed by atoms with van der Waals surface area (Å²) in [7, 11) is 0. The molecule has 26 heavy (non-hydrogen) atoms. The number of thioether (sulfide) groups is 1. The van der Waals surface area contributed by atoms with Gasteiger partial charge in [-0.05, 0) is 24.3 Å². The molecule has 3 aromatic rings. The number of rotatable bonds is 7. The summed E-state index contributed by atoms with van der Waals surface area (Å²) in [6.45, 7) is 0. The number of nitrogens with one attached hydrogen (secondary N) is 1. The topological polar surface area (TPSA) is 111 Å². The number of benzene rings is 2. The average molecular weight is 370 g/mol. The third-order valence-corrected chi connectivity index (χ3v) is 4.37. The van der Waals surface area contributed by atoms with Crippen LogP contribution in [0, 0.1) is 10.1 Å². The van der Waals surface area contributed by atoms with Gasteiger partial charge in [-0.3, -0.25) is 20.2 Å². The van der Waals surface area contributed by atoms with Gasteiger partial charge in [0.25, 0.3) is 11.6 Å². The first-order valence-electron chi connectivity index (χ1n) is 7.68. The smallest absolute Gasteiger partial charge is 0.322 e. The highest BCUT2D eigenvalue weighted by molar-refractivity contribution is 7.99. The Balaban J connectivity index is 1.52. The Labute approximate surface area is 152 Å². The van der Waals surface area contributed by atoms with Crippen molar-refractivity contribution in [1.29, 1.82) is 0 Å². The zero-order valence-corrected chi connectivity index (χ0v) is 14.3. The van der Waals surface area contributed by atoms with Crippen molar-refractivity contribution in [2.45, 2.75) is 11.3 Å². The summed E-state index contributed by atoms with van der Waals surface area (Å²) in [4.78, 5) is 23.3. The maximum absolute atomic E-state index is 12.1. The molecule has 0 unspecified atom stereocenters. The van der Waals surface area contributed by atoms with Crippen LogP contribution in [0.25, 0.3) is 0 Å². The molecule has 1 aromatic heterocycles. The largest absolute Gasteiger partial charge is 0.408 e. The molecular formula is C17H14N4O4S. The lowest BCUT2D eigenvalue weighted by molar-refractivity contribution is -0.384. The highest BCUT2D eigenvalue weighted by Gasteiger charge is 2.13. The molecule has 8 nitrogen and oxygen atoms in total. The van der Waals surface area contributed by atoms with Gasteiger partial charge in [-0.25, -0.2) is 0 Å². The first kappa shape index (κ1) is 17.6. The van der Waals surface area contributed by atoms with Crippen LogP contribution in [0.1, 0.15) is 16.2 Å². The van der Waals surface area contributed by atoms with E-state index in [4.69, 9.17) is 4.42 Å². The first-order chi connectivity index (χ1) is 12.6. The Morgan fingerprint density at radius 1 is 1.12 bits per heavy atom. The van der Waals surface area contributed by atoms with Gasteiger partial charge in [-0.15, -0.1) is 16.9 Å². The lowest BCUT2D eigenvalue weighted by atomic mass is 10.2. The van der Waals surface area contributed by atoms with E-state index in [2.05, 4.69) is 15.5 Å². The van der Waals surface area contributed by atoms with E-state index >= 15 is 0 Å². The number of aryl methyl sites for hydroxylation is 1. The molecule has 0 aliphatic carbocycles. The average Bonchev–Trinajstić information content (AvgIpc) is 3.10. The number of carbonyl (C=O) groups excluding carboxylic acids is 1. The normalized spacial score (nSPS) is 10.5. The van der Waals surface area contributed by atoms with Crippen LogP contribution in [-0.4, -0.2) is 26.8 Å². The van der Waals surface area contributed by atoms with Crippen molar-refractivity contribution in [3.05, 3.63) is 76.2 Å². The fraction of sp³-hybridized carbons (Fsp3) is 0.118. The second-order valence-corrected chi connectivity index (χ2v) is 6.34. The summed E-state index contributed by atoms with van der Waals surface area (Å²) in [5.41, 5.74) is 0.174. The number of aromatic nitrogens is 2. The quantitative estimate of drug-likeness (QED) is 0.384. The Kier molecular flexibility index (Phi) is 5.59. The van der Waals surface area contributed by atoms with Crippen molar-refractivity contribution < 1.29 is 14.1 Å². The minimum atomic E-state index is -0.528. The maximum atomic E-state index is 12.1. The van der Waals surface area contributed by atoms with Gasteiger partial charge < -0.3 is 4.42 Å². The first-order valence-corrected chi connectivity index (χ1v) is 8.66. The Morgan fingerprint density at radius 2 is 1.85 bits per heavy atom. The monoisotopic (exact) mass is 370 g/mol. The molecule has 0 atom stereocenters. The molecule has 0 aliphatic rings. The standard InChI is InChI=1S/C17H14N4O4S/c22-16(12-6-8-13(9-7-12)21(23)24)18-17-20-19-15(25-17)10-11-26-14-4-2-1-3-5-14/h1-9H,10-11H2,(H,18,20,22). The maximum Gasteiger partial charge on any atom is 0.322 e. The SMILES string of the molecule is O=C(Nc1nnc(CCSc2ccccc2)o1)c1ccc([N+](=O)[O-])cc1. The Morgan fingerprint density at radius 3 is 2.54 bits per heavy atom. The minimum Gasteiger partial charge on any atom is -0.408 e. The van der Waals surface area contributed by atoms with Gasteiger partial charge in [0.05, 0.1) is 4.92 Å². The van der Waals surface area contributed by atoms with Gasteiger partial charge in [0.1, 0.15) is 0 Å². The fourth-order valence-electron chi connectivity index (χ4n) is 2.08. The number of nitrogens with zero attached hydrogens (tertiary/aromatic N) is 3. The van der Waals surface area contributed by atoms with Crippen molar-refractivity contribution in [3.63, 3.8) is 0 Å². The zero-order valence-electron chi connectivity index (χ0n) is 13.5. The predicted molar refractivity (Wildman–Crippen MR) is 96.2 cm³/mol. The summed E-state index contributed by atoms with van der Waals surface area (Å²) in [5.74, 6) is 0.711. The van der Waals surface area contributed by atoms with E-state index in [-0.39, 0.29) is 17.3 Å². The summed E-state index contributed by atoms with van der Waals surface area (Å²) in [5, 5.41) is 20.8. The molecule has 1 N–H and O–H groups in total. The lowest BCUT2D eigenvalue weighted by Gasteiger charge is -2.00. The molecule has 0 saturated heterocycles. The second kappa shape index (κ2) is 8.26. The van der Waals surface area contributed by atoms with Crippen LogP contribution >= 0.6 is 11.8 Å². The summed E-state index contributed by atoms with van der Waals surface area (Å²) >= 11 is 1.67. The number of amides is 1. The molecule has 1 heterocycles. The van der Waals surface area contributed by atoms with Gasteiger partial charge in [0, 0.05) is 34.8 Å².